The van der Waals surface area contributed by atoms with Gasteiger partial charge < -0.3 is 4.90 Å². The molecule has 1 fully saturated rings. The highest BCUT2D eigenvalue weighted by Crippen LogP contribution is 2.31. The summed E-state index contributed by atoms with van der Waals surface area (Å²) < 4.78 is 37.1. The molecule has 1 amide bonds. The first kappa shape index (κ1) is 12.9. The van der Waals surface area contributed by atoms with E-state index >= 15 is 0 Å². The number of benzene rings is 1. The molecule has 0 unspecified atom stereocenters. The molecule has 0 spiro atoms. The zero-order valence-electron chi connectivity index (χ0n) is 10.00. The second-order valence-corrected chi connectivity index (χ2v) is 4.66. The smallest absolute Gasteiger partial charge is 0.341 e. The standard InChI is InChI=1S/C13H14F3NO/c1-17(12(18)10-4-5-10)8-9-2-6-11(7-3-9)13(14,15)16/h2-3,6-7,10H,4-5,8H2,1H3. The Bertz CT molecular complexity index is 435. The number of hydrogen-bond acceptors (Lipinski definition) is 1. The molecule has 1 aromatic carbocycles. The summed E-state index contributed by atoms with van der Waals surface area (Å²) in [6, 6.07) is 4.93. The second-order valence-electron chi connectivity index (χ2n) is 4.66. The van der Waals surface area contributed by atoms with Crippen LogP contribution in [0.5, 0.6) is 0 Å². The minimum absolute atomic E-state index is 0.0786. The number of carbonyl (C=O) groups is 1. The van der Waals surface area contributed by atoms with Crippen molar-refractivity contribution in [1.82, 2.24) is 4.90 Å². The first-order valence-electron chi connectivity index (χ1n) is 5.79. The Morgan fingerprint density at radius 1 is 1.28 bits per heavy atom. The minimum atomic E-state index is -4.31. The zero-order valence-corrected chi connectivity index (χ0v) is 10.00. The van der Waals surface area contributed by atoms with E-state index in [9.17, 15) is 18.0 Å². The second kappa shape index (κ2) is 4.63. The van der Waals surface area contributed by atoms with E-state index < -0.39 is 11.7 Å². The summed E-state index contributed by atoms with van der Waals surface area (Å²) in [5.41, 5.74) is 0.0434. The maximum absolute atomic E-state index is 12.4. The van der Waals surface area contributed by atoms with Gasteiger partial charge >= 0.3 is 6.18 Å². The maximum atomic E-state index is 12.4. The van der Waals surface area contributed by atoms with Crippen LogP contribution in [0.2, 0.25) is 0 Å². The van der Waals surface area contributed by atoms with Crippen molar-refractivity contribution in [2.75, 3.05) is 7.05 Å². The van der Waals surface area contributed by atoms with Crippen molar-refractivity contribution in [2.45, 2.75) is 25.6 Å². The van der Waals surface area contributed by atoms with Crippen molar-refractivity contribution in [3.63, 3.8) is 0 Å². The van der Waals surface area contributed by atoms with Gasteiger partial charge in [-0.2, -0.15) is 13.2 Å². The minimum Gasteiger partial charge on any atom is -0.341 e. The van der Waals surface area contributed by atoms with Crippen LogP contribution >= 0.6 is 0 Å². The van der Waals surface area contributed by atoms with E-state index in [0.717, 1.165) is 25.0 Å². The highest BCUT2D eigenvalue weighted by atomic mass is 19.4. The quantitative estimate of drug-likeness (QED) is 0.815. The van der Waals surface area contributed by atoms with Crippen LogP contribution < -0.4 is 0 Å². The summed E-state index contributed by atoms with van der Waals surface area (Å²) in [5, 5.41) is 0. The van der Waals surface area contributed by atoms with E-state index in [1.165, 1.54) is 12.1 Å². The van der Waals surface area contributed by atoms with E-state index in [4.69, 9.17) is 0 Å². The molecular weight excluding hydrogens is 243 g/mol. The molecule has 0 N–H and O–H groups in total. The molecule has 1 aliphatic carbocycles. The lowest BCUT2D eigenvalue weighted by Gasteiger charge is -2.17. The third kappa shape index (κ3) is 3.03. The highest BCUT2D eigenvalue weighted by Gasteiger charge is 2.32. The largest absolute Gasteiger partial charge is 0.416 e. The van der Waals surface area contributed by atoms with Crippen molar-refractivity contribution >= 4 is 5.91 Å². The molecule has 2 rings (SSSR count). The molecule has 2 nitrogen and oxygen atoms in total. The lowest BCUT2D eigenvalue weighted by Crippen LogP contribution is -2.27. The Balaban J connectivity index is 1.99. The van der Waals surface area contributed by atoms with Crippen LogP contribution in [0.3, 0.4) is 0 Å². The van der Waals surface area contributed by atoms with Gasteiger partial charge in [0.2, 0.25) is 5.91 Å². The summed E-state index contributed by atoms with van der Waals surface area (Å²) in [6.45, 7) is 0.355. The molecule has 0 bridgehead atoms. The van der Waals surface area contributed by atoms with Crippen molar-refractivity contribution in [3.8, 4) is 0 Å². The molecule has 0 aromatic heterocycles. The topological polar surface area (TPSA) is 20.3 Å². The maximum Gasteiger partial charge on any atom is 0.416 e. The van der Waals surface area contributed by atoms with Crippen LogP contribution in [0.1, 0.15) is 24.0 Å². The third-order valence-corrected chi connectivity index (χ3v) is 3.00. The van der Waals surface area contributed by atoms with E-state index in [0.29, 0.717) is 12.1 Å². The van der Waals surface area contributed by atoms with Crippen molar-refractivity contribution in [1.29, 1.82) is 0 Å². The molecule has 0 aliphatic heterocycles. The summed E-state index contributed by atoms with van der Waals surface area (Å²) in [7, 11) is 1.68. The summed E-state index contributed by atoms with van der Waals surface area (Å²) in [5.74, 6) is 0.208. The lowest BCUT2D eigenvalue weighted by atomic mass is 10.1. The molecule has 1 aliphatic rings. The average molecular weight is 257 g/mol. The summed E-state index contributed by atoms with van der Waals surface area (Å²) >= 11 is 0. The molecule has 0 atom stereocenters. The van der Waals surface area contributed by atoms with E-state index in [-0.39, 0.29) is 11.8 Å². The predicted molar refractivity (Wildman–Crippen MR) is 60.6 cm³/mol. The zero-order chi connectivity index (χ0) is 13.3. The van der Waals surface area contributed by atoms with Gasteiger partial charge in [0.25, 0.3) is 0 Å². The molecule has 98 valence electrons. The third-order valence-electron chi connectivity index (χ3n) is 3.00. The van der Waals surface area contributed by atoms with E-state index in [2.05, 4.69) is 0 Å². The van der Waals surface area contributed by atoms with Gasteiger partial charge in [0.1, 0.15) is 0 Å². The van der Waals surface area contributed by atoms with Gasteiger partial charge in [-0.25, -0.2) is 0 Å². The Labute approximate surface area is 103 Å². The Hall–Kier alpha value is -1.52. The van der Waals surface area contributed by atoms with Gasteiger partial charge in [0, 0.05) is 19.5 Å². The van der Waals surface area contributed by atoms with Crippen LogP contribution in [0.25, 0.3) is 0 Å². The van der Waals surface area contributed by atoms with Crippen LogP contribution in [0.15, 0.2) is 24.3 Å². The molecule has 0 radical (unpaired) electrons. The predicted octanol–water partition coefficient (Wildman–Crippen LogP) is 3.07. The Morgan fingerprint density at radius 2 is 1.83 bits per heavy atom. The fourth-order valence-electron chi connectivity index (χ4n) is 1.79. The number of rotatable bonds is 3. The average Bonchev–Trinajstić information content (AvgIpc) is 3.11. The molecule has 18 heavy (non-hydrogen) atoms. The molecule has 5 heteroatoms. The summed E-state index contributed by atoms with van der Waals surface area (Å²) in [6.07, 6.45) is -2.46. The Kier molecular flexibility index (Phi) is 3.32. The van der Waals surface area contributed by atoms with Gasteiger partial charge in [0.05, 0.1) is 5.56 Å². The van der Waals surface area contributed by atoms with Crippen molar-refractivity contribution < 1.29 is 18.0 Å². The van der Waals surface area contributed by atoms with Gasteiger partial charge in [-0.15, -0.1) is 0 Å². The highest BCUT2D eigenvalue weighted by molar-refractivity contribution is 5.80. The van der Waals surface area contributed by atoms with Crippen LogP contribution in [0.4, 0.5) is 13.2 Å². The number of halogens is 3. The Morgan fingerprint density at radius 3 is 2.28 bits per heavy atom. The fourth-order valence-corrected chi connectivity index (χ4v) is 1.79. The molecular formula is C13H14F3NO. The molecule has 0 heterocycles. The monoisotopic (exact) mass is 257 g/mol. The van der Waals surface area contributed by atoms with E-state index in [1.54, 1.807) is 11.9 Å². The summed E-state index contributed by atoms with van der Waals surface area (Å²) in [4.78, 5) is 13.3. The van der Waals surface area contributed by atoms with Crippen LogP contribution in [0, 0.1) is 5.92 Å². The SMILES string of the molecule is CN(Cc1ccc(C(F)(F)F)cc1)C(=O)C1CC1. The number of nitrogens with zero attached hydrogens (tertiary/aromatic N) is 1. The number of amides is 1. The van der Waals surface area contributed by atoms with Crippen molar-refractivity contribution in [3.05, 3.63) is 35.4 Å². The van der Waals surface area contributed by atoms with Crippen LogP contribution in [-0.2, 0) is 17.5 Å². The van der Waals surface area contributed by atoms with Gasteiger partial charge in [-0.05, 0) is 30.5 Å². The van der Waals surface area contributed by atoms with Gasteiger partial charge in [-0.1, -0.05) is 12.1 Å². The van der Waals surface area contributed by atoms with Gasteiger partial charge in [0.15, 0.2) is 0 Å². The van der Waals surface area contributed by atoms with E-state index in [1.807, 2.05) is 0 Å². The van der Waals surface area contributed by atoms with Gasteiger partial charge in [-0.3, -0.25) is 4.79 Å². The number of hydrogen-bond donors (Lipinski definition) is 0. The normalized spacial score (nSPS) is 15.6. The first-order chi connectivity index (χ1) is 8.38. The molecule has 0 saturated heterocycles. The molecule has 1 aromatic rings. The lowest BCUT2D eigenvalue weighted by molar-refractivity contribution is -0.137. The fraction of sp³-hybridized carbons (Fsp3) is 0.462. The molecule has 1 saturated carbocycles. The first-order valence-corrected chi connectivity index (χ1v) is 5.79. The number of carbonyl (C=O) groups excluding carboxylic acids is 1. The number of alkyl halides is 3. The van der Waals surface area contributed by atoms with Crippen LogP contribution in [-0.4, -0.2) is 17.9 Å². The van der Waals surface area contributed by atoms with Crippen molar-refractivity contribution in [2.24, 2.45) is 5.92 Å².